The van der Waals surface area contributed by atoms with Crippen molar-refractivity contribution in [3.8, 4) is 17.2 Å². The van der Waals surface area contributed by atoms with Gasteiger partial charge in [0.25, 0.3) is 5.91 Å². The third-order valence-corrected chi connectivity index (χ3v) is 5.29. The Morgan fingerprint density at radius 2 is 1.69 bits per heavy atom. The second-order valence-corrected chi connectivity index (χ2v) is 7.45. The van der Waals surface area contributed by atoms with E-state index in [1.165, 1.54) is 12.8 Å². The molecule has 2 aromatic rings. The molecule has 0 aromatic heterocycles. The lowest BCUT2D eigenvalue weighted by atomic mass is 10.00. The van der Waals surface area contributed by atoms with Gasteiger partial charge in [-0.25, -0.2) is 0 Å². The summed E-state index contributed by atoms with van der Waals surface area (Å²) in [6, 6.07) is 13.2. The zero-order valence-corrected chi connectivity index (χ0v) is 17.4. The standard InChI is InChI=1S/C23H30N2O4/c1-17-9-11-25(12-10-17)16-24-23(26)19-13-20(27-2)22(21(14-19)28-3)29-15-18-7-5-4-6-8-18/h4-8,13-14,17H,9-12,15-16H2,1-3H3,(H,24,26). The summed E-state index contributed by atoms with van der Waals surface area (Å²) < 4.78 is 16.9. The van der Waals surface area contributed by atoms with Gasteiger partial charge in [-0.3, -0.25) is 9.69 Å². The van der Waals surface area contributed by atoms with Crippen LogP contribution in [0.4, 0.5) is 0 Å². The highest BCUT2D eigenvalue weighted by Gasteiger charge is 2.20. The summed E-state index contributed by atoms with van der Waals surface area (Å²) in [5.74, 6) is 2.03. The average molecular weight is 399 g/mol. The Balaban J connectivity index is 1.68. The fraction of sp³-hybridized carbons (Fsp3) is 0.435. The Hall–Kier alpha value is -2.73. The predicted molar refractivity (Wildman–Crippen MR) is 113 cm³/mol. The number of hydrogen-bond acceptors (Lipinski definition) is 5. The van der Waals surface area contributed by atoms with Crippen LogP contribution in [0.2, 0.25) is 0 Å². The highest BCUT2D eigenvalue weighted by atomic mass is 16.5. The van der Waals surface area contributed by atoms with Crippen molar-refractivity contribution in [1.82, 2.24) is 10.2 Å². The lowest BCUT2D eigenvalue weighted by molar-refractivity contribution is 0.0904. The van der Waals surface area contributed by atoms with Gasteiger partial charge < -0.3 is 19.5 Å². The number of carbonyl (C=O) groups is 1. The van der Waals surface area contributed by atoms with Gasteiger partial charge in [0.15, 0.2) is 11.5 Å². The van der Waals surface area contributed by atoms with Gasteiger partial charge in [-0.1, -0.05) is 37.3 Å². The van der Waals surface area contributed by atoms with Crippen LogP contribution in [0, 0.1) is 5.92 Å². The summed E-state index contributed by atoms with van der Waals surface area (Å²) in [4.78, 5) is 15.0. The molecule has 0 spiro atoms. The van der Waals surface area contributed by atoms with Crippen LogP contribution >= 0.6 is 0 Å². The number of benzene rings is 2. The number of nitrogens with one attached hydrogen (secondary N) is 1. The van der Waals surface area contributed by atoms with Crippen molar-refractivity contribution in [2.45, 2.75) is 26.4 Å². The van der Waals surface area contributed by atoms with Gasteiger partial charge in [0.2, 0.25) is 5.75 Å². The molecule has 1 aliphatic rings. The molecule has 0 bridgehead atoms. The molecule has 1 amide bonds. The van der Waals surface area contributed by atoms with Crippen LogP contribution in [0.5, 0.6) is 17.2 Å². The first-order valence-electron chi connectivity index (χ1n) is 10.0. The first-order chi connectivity index (χ1) is 14.1. The van der Waals surface area contributed by atoms with E-state index in [9.17, 15) is 4.79 Å². The van der Waals surface area contributed by atoms with Gasteiger partial charge in [0.05, 0.1) is 20.9 Å². The van der Waals surface area contributed by atoms with E-state index in [1.54, 1.807) is 26.4 Å². The third-order valence-electron chi connectivity index (χ3n) is 5.29. The van der Waals surface area contributed by atoms with Gasteiger partial charge in [-0.2, -0.15) is 0 Å². The smallest absolute Gasteiger partial charge is 0.252 e. The molecule has 2 aromatic carbocycles. The number of ether oxygens (including phenoxy) is 3. The Bertz CT molecular complexity index is 777. The molecule has 0 unspecified atom stereocenters. The number of methoxy groups -OCH3 is 2. The molecule has 1 fully saturated rings. The first kappa shape index (κ1) is 21.0. The lowest BCUT2D eigenvalue weighted by Gasteiger charge is -2.30. The van der Waals surface area contributed by atoms with E-state index in [2.05, 4.69) is 17.1 Å². The van der Waals surface area contributed by atoms with Gasteiger partial charge in [0, 0.05) is 18.7 Å². The van der Waals surface area contributed by atoms with Crippen LogP contribution in [0.15, 0.2) is 42.5 Å². The molecule has 0 saturated carbocycles. The van der Waals surface area contributed by atoms with Crippen molar-refractivity contribution in [2.24, 2.45) is 5.92 Å². The molecule has 6 heteroatoms. The van der Waals surface area contributed by atoms with Crippen LogP contribution < -0.4 is 19.5 Å². The van der Waals surface area contributed by atoms with Crippen molar-refractivity contribution >= 4 is 5.91 Å². The van der Waals surface area contributed by atoms with E-state index in [1.807, 2.05) is 30.3 Å². The fourth-order valence-corrected chi connectivity index (χ4v) is 3.39. The topological polar surface area (TPSA) is 60.0 Å². The van der Waals surface area contributed by atoms with Crippen molar-refractivity contribution < 1.29 is 19.0 Å². The van der Waals surface area contributed by atoms with Gasteiger partial charge in [-0.15, -0.1) is 0 Å². The SMILES string of the molecule is COc1cc(C(=O)NCN2CCC(C)CC2)cc(OC)c1OCc1ccccc1. The van der Waals surface area contributed by atoms with Crippen molar-refractivity contribution in [1.29, 1.82) is 0 Å². The largest absolute Gasteiger partial charge is 0.493 e. The summed E-state index contributed by atoms with van der Waals surface area (Å²) >= 11 is 0. The molecular formula is C23H30N2O4. The van der Waals surface area contributed by atoms with Crippen LogP contribution in [0.25, 0.3) is 0 Å². The normalized spacial score (nSPS) is 15.0. The van der Waals surface area contributed by atoms with E-state index in [0.29, 0.717) is 36.1 Å². The zero-order chi connectivity index (χ0) is 20.6. The summed E-state index contributed by atoms with van der Waals surface area (Å²) in [5, 5.41) is 3.00. The van der Waals surface area contributed by atoms with Crippen molar-refractivity contribution in [2.75, 3.05) is 34.0 Å². The maximum Gasteiger partial charge on any atom is 0.252 e. The van der Waals surface area contributed by atoms with E-state index in [-0.39, 0.29) is 5.91 Å². The first-order valence-corrected chi connectivity index (χ1v) is 10.0. The van der Waals surface area contributed by atoms with Crippen molar-refractivity contribution in [3.63, 3.8) is 0 Å². The van der Waals surface area contributed by atoms with E-state index >= 15 is 0 Å². The maximum atomic E-state index is 12.7. The molecule has 1 N–H and O–H groups in total. The molecule has 6 nitrogen and oxygen atoms in total. The fourth-order valence-electron chi connectivity index (χ4n) is 3.39. The molecule has 156 valence electrons. The van der Waals surface area contributed by atoms with Crippen LogP contribution in [-0.2, 0) is 6.61 Å². The molecule has 0 atom stereocenters. The van der Waals surface area contributed by atoms with E-state index in [0.717, 1.165) is 24.6 Å². The number of piperidine rings is 1. The number of likely N-dealkylation sites (tertiary alicyclic amines) is 1. The minimum Gasteiger partial charge on any atom is -0.493 e. The second kappa shape index (κ2) is 10.2. The molecular weight excluding hydrogens is 368 g/mol. The summed E-state index contributed by atoms with van der Waals surface area (Å²) in [6.45, 7) is 5.23. The molecule has 1 heterocycles. The number of hydrogen-bond donors (Lipinski definition) is 1. The number of carbonyl (C=O) groups excluding carboxylic acids is 1. The summed E-state index contributed by atoms with van der Waals surface area (Å²) in [7, 11) is 3.11. The van der Waals surface area contributed by atoms with Crippen LogP contribution in [0.1, 0.15) is 35.7 Å². The number of amides is 1. The van der Waals surface area contributed by atoms with Crippen LogP contribution in [0.3, 0.4) is 0 Å². The minimum atomic E-state index is -0.158. The highest BCUT2D eigenvalue weighted by molar-refractivity contribution is 5.95. The third kappa shape index (κ3) is 5.64. The Morgan fingerprint density at radius 3 is 2.28 bits per heavy atom. The van der Waals surface area contributed by atoms with Crippen molar-refractivity contribution in [3.05, 3.63) is 53.6 Å². The zero-order valence-electron chi connectivity index (χ0n) is 17.4. The Morgan fingerprint density at radius 1 is 1.07 bits per heavy atom. The van der Waals surface area contributed by atoms with Gasteiger partial charge in [0.1, 0.15) is 6.61 Å². The minimum absolute atomic E-state index is 0.158. The molecule has 0 radical (unpaired) electrons. The van der Waals surface area contributed by atoms with E-state index in [4.69, 9.17) is 14.2 Å². The molecule has 3 rings (SSSR count). The molecule has 1 saturated heterocycles. The maximum absolute atomic E-state index is 12.7. The lowest BCUT2D eigenvalue weighted by Crippen LogP contribution is -2.41. The van der Waals surface area contributed by atoms with Crippen LogP contribution in [-0.4, -0.2) is 44.8 Å². The summed E-state index contributed by atoms with van der Waals surface area (Å²) in [6.07, 6.45) is 2.34. The average Bonchev–Trinajstić information content (AvgIpc) is 2.77. The molecule has 1 aliphatic heterocycles. The number of rotatable bonds is 8. The molecule has 0 aliphatic carbocycles. The van der Waals surface area contributed by atoms with Gasteiger partial charge in [-0.05, 0) is 36.5 Å². The highest BCUT2D eigenvalue weighted by Crippen LogP contribution is 2.39. The molecule has 29 heavy (non-hydrogen) atoms. The van der Waals surface area contributed by atoms with E-state index < -0.39 is 0 Å². The quantitative estimate of drug-likeness (QED) is 0.735. The van der Waals surface area contributed by atoms with Gasteiger partial charge >= 0.3 is 0 Å². The summed E-state index contributed by atoms with van der Waals surface area (Å²) in [5.41, 5.74) is 1.52. The monoisotopic (exact) mass is 398 g/mol. The Kier molecular flexibility index (Phi) is 7.36. The predicted octanol–water partition coefficient (Wildman–Crippen LogP) is 3.70. The number of nitrogens with zero attached hydrogens (tertiary/aromatic N) is 1. The Labute approximate surface area is 172 Å². The second-order valence-electron chi connectivity index (χ2n) is 7.45.